The van der Waals surface area contributed by atoms with Gasteiger partial charge in [0.25, 0.3) is 10.0 Å². The molecule has 5 rings (SSSR count). The van der Waals surface area contributed by atoms with E-state index in [2.05, 4.69) is 4.98 Å². The molecule has 9 nitrogen and oxygen atoms in total. The third kappa shape index (κ3) is 4.16. The zero-order valence-corrected chi connectivity index (χ0v) is 20.4. The second kappa shape index (κ2) is 8.66. The standard InChI is InChI=1S/C22H19ClN4O5S2/c1-14(28)32-27-18(8-16-11-24-5-4-19(16)27)12-25-6-7-26(13-21(25)29)34(30,31)22-9-15-2-3-17(23)10-20(15)33-22/h2-5,8-11H,6-7,12-13H2,1H3. The number of nitrogens with zero attached hydrogens (tertiary/aromatic N) is 4. The number of piperazine rings is 1. The topological polar surface area (TPSA) is 102 Å². The molecule has 0 radical (unpaired) electrons. The number of amides is 1. The fraction of sp³-hybridized carbons (Fsp3) is 0.227. The van der Waals surface area contributed by atoms with Crippen LogP contribution < -0.4 is 4.84 Å². The van der Waals surface area contributed by atoms with Gasteiger partial charge in [-0.3, -0.25) is 9.78 Å². The fourth-order valence-corrected chi connectivity index (χ4v) is 7.13. The SMILES string of the molecule is CC(=O)On1c(CN2CCN(S(=O)(=O)c3cc4ccc(Cl)cc4s3)CC2=O)cc2cnccc21. The van der Waals surface area contributed by atoms with E-state index in [0.717, 1.165) is 26.8 Å². The number of rotatable bonds is 5. The van der Waals surface area contributed by atoms with Gasteiger partial charge in [0.15, 0.2) is 0 Å². The van der Waals surface area contributed by atoms with Crippen LogP contribution in [0.3, 0.4) is 0 Å². The molecule has 0 unspecified atom stereocenters. The predicted molar refractivity (Wildman–Crippen MR) is 128 cm³/mol. The van der Waals surface area contributed by atoms with E-state index in [1.807, 2.05) is 0 Å². The van der Waals surface area contributed by atoms with Gasteiger partial charge >= 0.3 is 5.97 Å². The lowest BCUT2D eigenvalue weighted by atomic mass is 10.3. The lowest BCUT2D eigenvalue weighted by Crippen LogP contribution is -2.51. The number of thiophene rings is 1. The molecule has 0 saturated carbocycles. The molecule has 4 aromatic rings. The van der Waals surface area contributed by atoms with Crippen molar-refractivity contribution in [2.24, 2.45) is 0 Å². The average Bonchev–Trinajstić information content (AvgIpc) is 3.36. The minimum Gasteiger partial charge on any atom is -0.337 e. The van der Waals surface area contributed by atoms with Crippen LogP contribution in [0.25, 0.3) is 21.0 Å². The third-order valence-corrected chi connectivity index (χ3v) is 9.17. The summed E-state index contributed by atoms with van der Waals surface area (Å²) in [5, 5.41) is 2.08. The van der Waals surface area contributed by atoms with Crippen LogP contribution >= 0.6 is 22.9 Å². The summed E-state index contributed by atoms with van der Waals surface area (Å²) in [6.45, 7) is 1.54. The summed E-state index contributed by atoms with van der Waals surface area (Å²) in [4.78, 5) is 35.5. The van der Waals surface area contributed by atoms with E-state index < -0.39 is 16.0 Å². The van der Waals surface area contributed by atoms with Crippen LogP contribution in [-0.4, -0.2) is 58.8 Å². The molecular formula is C22H19ClN4O5S2. The number of hydrogen-bond acceptors (Lipinski definition) is 7. The first-order valence-corrected chi connectivity index (χ1v) is 13.0. The second-order valence-corrected chi connectivity index (χ2v) is 11.5. The van der Waals surface area contributed by atoms with Gasteiger partial charge in [0.05, 0.1) is 24.3 Å². The minimum atomic E-state index is -3.83. The third-order valence-electron chi connectivity index (χ3n) is 5.54. The average molecular weight is 519 g/mol. The van der Waals surface area contributed by atoms with Gasteiger partial charge in [-0.2, -0.15) is 9.04 Å². The van der Waals surface area contributed by atoms with Gasteiger partial charge in [0.1, 0.15) is 4.21 Å². The Balaban J connectivity index is 1.36. The van der Waals surface area contributed by atoms with E-state index in [0.29, 0.717) is 16.2 Å². The molecule has 0 aliphatic carbocycles. The van der Waals surface area contributed by atoms with E-state index in [1.54, 1.807) is 53.7 Å². The Hall–Kier alpha value is -2.99. The van der Waals surface area contributed by atoms with Crippen molar-refractivity contribution >= 4 is 65.8 Å². The highest BCUT2D eigenvalue weighted by atomic mass is 35.5. The molecule has 0 bridgehead atoms. The highest BCUT2D eigenvalue weighted by Crippen LogP contribution is 2.33. The molecule has 0 N–H and O–H groups in total. The van der Waals surface area contributed by atoms with Gasteiger partial charge in [0.2, 0.25) is 5.91 Å². The summed E-state index contributed by atoms with van der Waals surface area (Å²) < 4.78 is 29.9. The summed E-state index contributed by atoms with van der Waals surface area (Å²) in [5.41, 5.74) is 1.24. The van der Waals surface area contributed by atoms with Gasteiger partial charge in [-0.1, -0.05) is 17.7 Å². The van der Waals surface area contributed by atoms with Crippen LogP contribution in [0.5, 0.6) is 0 Å². The Kier molecular flexibility index (Phi) is 5.80. The number of aromatic nitrogens is 2. The van der Waals surface area contributed by atoms with Crippen LogP contribution in [0, 0.1) is 0 Å². The number of hydrogen-bond donors (Lipinski definition) is 0. The Bertz CT molecular complexity index is 1550. The zero-order valence-electron chi connectivity index (χ0n) is 18.0. The largest absolute Gasteiger partial charge is 0.337 e. The smallest absolute Gasteiger partial charge is 0.329 e. The van der Waals surface area contributed by atoms with Crippen LogP contribution in [-0.2, 0) is 26.2 Å². The van der Waals surface area contributed by atoms with E-state index in [-0.39, 0.29) is 36.3 Å². The molecule has 1 aromatic carbocycles. The van der Waals surface area contributed by atoms with Crippen molar-refractivity contribution in [3.05, 3.63) is 59.5 Å². The molecule has 34 heavy (non-hydrogen) atoms. The van der Waals surface area contributed by atoms with E-state index in [9.17, 15) is 18.0 Å². The normalized spacial score (nSPS) is 15.4. The maximum atomic E-state index is 13.2. The van der Waals surface area contributed by atoms with Crippen molar-refractivity contribution < 1.29 is 22.8 Å². The molecule has 1 saturated heterocycles. The lowest BCUT2D eigenvalue weighted by molar-refractivity contribution is -0.141. The number of sulfonamides is 1. The maximum absolute atomic E-state index is 13.2. The number of carbonyl (C=O) groups excluding carboxylic acids is 2. The molecule has 176 valence electrons. The minimum absolute atomic E-state index is 0.151. The van der Waals surface area contributed by atoms with E-state index in [1.165, 1.54) is 16.0 Å². The summed E-state index contributed by atoms with van der Waals surface area (Å²) in [5.74, 6) is -0.834. The molecule has 0 spiro atoms. The van der Waals surface area contributed by atoms with Gasteiger partial charge in [-0.15, -0.1) is 11.3 Å². The first-order valence-electron chi connectivity index (χ1n) is 10.3. The van der Waals surface area contributed by atoms with Gasteiger partial charge in [-0.25, -0.2) is 13.2 Å². The Morgan fingerprint density at radius 3 is 2.76 bits per heavy atom. The molecule has 0 atom stereocenters. The highest BCUT2D eigenvalue weighted by molar-refractivity contribution is 7.91. The van der Waals surface area contributed by atoms with Gasteiger partial charge in [-0.05, 0) is 35.7 Å². The molecule has 1 fully saturated rings. The molecule has 12 heteroatoms. The number of pyridine rings is 1. The quantitative estimate of drug-likeness (QED) is 0.402. The van der Waals surface area contributed by atoms with Gasteiger partial charge in [0, 0.05) is 47.5 Å². The fourth-order valence-electron chi connectivity index (χ4n) is 3.92. The number of halogens is 1. The predicted octanol–water partition coefficient (Wildman–Crippen LogP) is 2.91. The first kappa shape index (κ1) is 22.8. The molecule has 3 aromatic heterocycles. The molecule has 4 heterocycles. The first-order chi connectivity index (χ1) is 16.2. The Labute approximate surface area is 204 Å². The maximum Gasteiger partial charge on any atom is 0.329 e. The monoisotopic (exact) mass is 518 g/mol. The summed E-state index contributed by atoms with van der Waals surface area (Å²) in [7, 11) is -3.83. The van der Waals surface area contributed by atoms with Crippen LogP contribution in [0.2, 0.25) is 5.02 Å². The van der Waals surface area contributed by atoms with E-state index >= 15 is 0 Å². The summed E-state index contributed by atoms with van der Waals surface area (Å²) in [6, 6.07) is 10.3. The van der Waals surface area contributed by atoms with Crippen molar-refractivity contribution in [3.63, 3.8) is 0 Å². The molecule has 1 aliphatic rings. The zero-order chi connectivity index (χ0) is 24.0. The summed E-state index contributed by atoms with van der Waals surface area (Å²) >= 11 is 7.15. The van der Waals surface area contributed by atoms with Crippen molar-refractivity contribution in [3.8, 4) is 0 Å². The summed E-state index contributed by atoms with van der Waals surface area (Å²) in [6.07, 6.45) is 3.23. The van der Waals surface area contributed by atoms with Crippen LogP contribution in [0.15, 0.2) is 53.0 Å². The molecule has 1 amide bonds. The second-order valence-electron chi connectivity index (χ2n) is 7.85. The number of fused-ring (bicyclic) bond motifs is 2. The number of carbonyl (C=O) groups is 2. The lowest BCUT2D eigenvalue weighted by Gasteiger charge is -2.33. The van der Waals surface area contributed by atoms with E-state index in [4.69, 9.17) is 16.4 Å². The molecule has 1 aliphatic heterocycles. The van der Waals surface area contributed by atoms with Gasteiger partial charge < -0.3 is 9.74 Å². The van der Waals surface area contributed by atoms with Crippen LogP contribution in [0.4, 0.5) is 0 Å². The van der Waals surface area contributed by atoms with Crippen molar-refractivity contribution in [2.75, 3.05) is 19.6 Å². The van der Waals surface area contributed by atoms with Crippen molar-refractivity contribution in [1.29, 1.82) is 0 Å². The van der Waals surface area contributed by atoms with Crippen LogP contribution in [0.1, 0.15) is 12.6 Å². The molecular weight excluding hydrogens is 500 g/mol. The number of benzene rings is 1. The Morgan fingerprint density at radius 2 is 2.00 bits per heavy atom. The van der Waals surface area contributed by atoms with Crippen molar-refractivity contribution in [1.82, 2.24) is 18.9 Å². The van der Waals surface area contributed by atoms with Crippen molar-refractivity contribution in [2.45, 2.75) is 17.7 Å². The highest BCUT2D eigenvalue weighted by Gasteiger charge is 2.34. The Morgan fingerprint density at radius 1 is 1.18 bits per heavy atom.